The molecule has 0 saturated heterocycles. The van der Waals surface area contributed by atoms with Gasteiger partial charge in [0.15, 0.2) is 6.20 Å². The van der Waals surface area contributed by atoms with Gasteiger partial charge >= 0.3 is 0 Å². The summed E-state index contributed by atoms with van der Waals surface area (Å²) in [7, 11) is 0. The van der Waals surface area contributed by atoms with Gasteiger partial charge in [0.25, 0.3) is 0 Å². The SMILES string of the molecule is C=[n+]1cccc/c1=c1\ccc2c(c1C)[CH-]C=CC=2. The Hall–Kier alpha value is -2.28. The van der Waals surface area contributed by atoms with E-state index >= 15 is 0 Å². The van der Waals surface area contributed by atoms with Crippen LogP contribution in [0, 0.1) is 30.6 Å². The van der Waals surface area contributed by atoms with Crippen LogP contribution in [0.25, 0.3) is 6.08 Å². The predicted molar refractivity (Wildman–Crippen MR) is 72.9 cm³/mol. The van der Waals surface area contributed by atoms with Crippen LogP contribution in [0.4, 0.5) is 0 Å². The van der Waals surface area contributed by atoms with Crippen molar-refractivity contribution < 1.29 is 4.24 Å². The molecule has 1 aromatic heterocycles. The number of rotatable bonds is 0. The summed E-state index contributed by atoms with van der Waals surface area (Å²) < 4.78 is 1.91. The first-order valence-electron chi connectivity index (χ1n) is 6.07. The zero-order valence-corrected chi connectivity index (χ0v) is 10.4. The fraction of sp³-hybridized carbons (Fsp3) is 0.0588. The molecule has 0 amide bonds. The van der Waals surface area contributed by atoms with E-state index in [1.807, 2.05) is 22.6 Å². The van der Waals surface area contributed by atoms with E-state index in [0.29, 0.717) is 0 Å². The number of fused-ring (bicyclic) bond motifs is 1. The summed E-state index contributed by atoms with van der Waals surface area (Å²) in [5, 5.41) is 3.66. The average molecular weight is 233 g/mol. The van der Waals surface area contributed by atoms with Gasteiger partial charge in [0.1, 0.15) is 6.72 Å². The number of benzene rings is 1. The molecule has 0 bridgehead atoms. The largest absolute Gasteiger partial charge is 0.208 e. The molecule has 2 aromatic rings. The molecule has 0 radical (unpaired) electrons. The molecule has 0 N–H and O–H groups in total. The molecular formula is C17H15N. The molecule has 0 saturated carbocycles. The highest BCUT2D eigenvalue weighted by atomic mass is 14.8. The first-order chi connectivity index (χ1) is 8.77. The summed E-state index contributed by atoms with van der Waals surface area (Å²) in [5.74, 6) is 0. The molecule has 88 valence electrons. The molecule has 1 nitrogen and oxygen atoms in total. The van der Waals surface area contributed by atoms with Crippen molar-refractivity contribution in [3.8, 4) is 0 Å². The highest BCUT2D eigenvalue weighted by Crippen LogP contribution is 2.11. The maximum absolute atomic E-state index is 4.03. The summed E-state index contributed by atoms with van der Waals surface area (Å²) in [4.78, 5) is 0. The number of allylic oxidation sites excluding steroid dienone is 2. The van der Waals surface area contributed by atoms with Gasteiger partial charge in [-0.2, -0.15) is 4.24 Å². The van der Waals surface area contributed by atoms with Crippen molar-refractivity contribution in [2.24, 2.45) is 0 Å². The van der Waals surface area contributed by atoms with E-state index in [4.69, 9.17) is 0 Å². The van der Waals surface area contributed by atoms with E-state index in [1.54, 1.807) is 0 Å². The summed E-state index contributed by atoms with van der Waals surface area (Å²) in [6.07, 6.45) is 10.5. The lowest BCUT2D eigenvalue weighted by atomic mass is 9.97. The van der Waals surface area contributed by atoms with Gasteiger partial charge in [-0.1, -0.05) is 19.1 Å². The summed E-state index contributed by atoms with van der Waals surface area (Å²) in [5.41, 5.74) is 2.61. The molecule has 0 fully saturated rings. The Labute approximate surface area is 106 Å². The molecule has 1 aliphatic rings. The van der Waals surface area contributed by atoms with Gasteiger partial charge < -0.3 is 0 Å². The lowest BCUT2D eigenvalue weighted by molar-refractivity contribution is -0.510. The topological polar surface area (TPSA) is 5.90 Å². The molecule has 1 aliphatic carbocycles. The Morgan fingerprint density at radius 2 is 2.06 bits per heavy atom. The standard InChI is InChI=1S/C17H15N/c1-13-15-8-4-3-7-14(15)10-11-16(13)17-9-5-6-12-18(17)2/h3-12H,2H2,1H3/b17-16-. The summed E-state index contributed by atoms with van der Waals surface area (Å²) in [6.45, 7) is 6.21. The Morgan fingerprint density at radius 3 is 2.89 bits per heavy atom. The number of nitrogens with zero attached hydrogens (tertiary/aromatic N) is 1. The zero-order chi connectivity index (χ0) is 12.5. The second-order valence-electron chi connectivity index (χ2n) is 4.51. The quantitative estimate of drug-likeness (QED) is 0.485. The monoisotopic (exact) mass is 233 g/mol. The van der Waals surface area contributed by atoms with E-state index in [9.17, 15) is 0 Å². The minimum absolute atomic E-state index is 1.14. The minimum Gasteiger partial charge on any atom is -0.174 e. The van der Waals surface area contributed by atoms with Gasteiger partial charge in [0.05, 0.1) is 0 Å². The second-order valence-corrected chi connectivity index (χ2v) is 4.51. The van der Waals surface area contributed by atoms with Crippen LogP contribution in [-0.4, -0.2) is 0 Å². The lowest BCUT2D eigenvalue weighted by Crippen LogP contribution is -2.17. The molecule has 1 heteroatoms. The number of hydrogen-bond acceptors (Lipinski definition) is 0. The van der Waals surface area contributed by atoms with Crippen molar-refractivity contribution in [2.75, 3.05) is 0 Å². The maximum Gasteiger partial charge on any atom is 0.208 e. The predicted octanol–water partition coefficient (Wildman–Crippen LogP) is 2.11. The van der Waals surface area contributed by atoms with Gasteiger partial charge in [0, 0.05) is 17.4 Å². The van der Waals surface area contributed by atoms with Crippen molar-refractivity contribution in [2.45, 2.75) is 6.92 Å². The fourth-order valence-corrected chi connectivity index (χ4v) is 2.43. The van der Waals surface area contributed by atoms with Crippen LogP contribution in [0.2, 0.25) is 0 Å². The van der Waals surface area contributed by atoms with Gasteiger partial charge in [-0.05, 0) is 6.07 Å². The first-order valence-corrected chi connectivity index (χ1v) is 6.07. The number of aromatic nitrogens is 1. The van der Waals surface area contributed by atoms with Crippen LogP contribution < -0.4 is 9.46 Å². The van der Waals surface area contributed by atoms with E-state index in [1.165, 1.54) is 21.6 Å². The molecule has 18 heavy (non-hydrogen) atoms. The van der Waals surface area contributed by atoms with Gasteiger partial charge in [0.2, 0.25) is 5.35 Å². The van der Waals surface area contributed by atoms with Gasteiger partial charge in [-0.15, -0.1) is 41.0 Å². The van der Waals surface area contributed by atoms with Crippen LogP contribution in [0.15, 0.2) is 48.7 Å². The van der Waals surface area contributed by atoms with E-state index in [2.05, 4.69) is 56.5 Å². The van der Waals surface area contributed by atoms with Crippen LogP contribution >= 0.6 is 0 Å². The van der Waals surface area contributed by atoms with E-state index < -0.39 is 0 Å². The minimum atomic E-state index is 1.14. The van der Waals surface area contributed by atoms with Gasteiger partial charge in [-0.3, -0.25) is 0 Å². The molecule has 0 spiro atoms. The second kappa shape index (κ2) is 4.19. The molecule has 1 aromatic carbocycles. The Kier molecular flexibility index (Phi) is 2.52. The molecule has 3 rings (SSSR count). The average Bonchev–Trinajstić information content (AvgIpc) is 2.41. The summed E-state index contributed by atoms with van der Waals surface area (Å²) >= 11 is 0. The van der Waals surface area contributed by atoms with Crippen molar-refractivity contribution in [1.29, 1.82) is 0 Å². The zero-order valence-electron chi connectivity index (χ0n) is 10.4. The third-order valence-electron chi connectivity index (χ3n) is 3.41. The third-order valence-corrected chi connectivity index (χ3v) is 3.41. The van der Waals surface area contributed by atoms with Crippen molar-refractivity contribution in [1.82, 2.24) is 0 Å². The first kappa shape index (κ1) is 10.8. The van der Waals surface area contributed by atoms with E-state index in [0.717, 1.165) is 5.35 Å². The fourth-order valence-electron chi connectivity index (χ4n) is 2.43. The van der Waals surface area contributed by atoms with Crippen LogP contribution in [0.5, 0.6) is 0 Å². The normalized spacial score (nSPS) is 14.5. The van der Waals surface area contributed by atoms with Crippen molar-refractivity contribution >= 4 is 6.08 Å². The Balaban J connectivity index is 2.53. The van der Waals surface area contributed by atoms with E-state index in [-0.39, 0.29) is 0 Å². The lowest BCUT2D eigenvalue weighted by Gasteiger charge is -2.15. The molecule has 0 unspecified atom stereocenters. The summed E-state index contributed by atoms with van der Waals surface area (Å²) in [6, 6.07) is 10.5. The molecule has 0 atom stereocenters. The molecule has 1 heterocycles. The van der Waals surface area contributed by atoms with Crippen molar-refractivity contribution in [3.05, 3.63) is 88.7 Å². The molecule has 0 aliphatic heterocycles. The Bertz CT molecular complexity index is 829. The third kappa shape index (κ3) is 1.65. The highest BCUT2D eigenvalue weighted by Gasteiger charge is 1.99. The number of hydrogen-bond donors (Lipinski definition) is 0. The van der Waals surface area contributed by atoms with Crippen molar-refractivity contribution in [3.63, 3.8) is 0 Å². The van der Waals surface area contributed by atoms with Crippen LogP contribution in [-0.2, 0) is 0 Å². The van der Waals surface area contributed by atoms with Crippen LogP contribution in [0.1, 0.15) is 11.1 Å². The molecular weight excluding hydrogens is 218 g/mol. The highest BCUT2D eigenvalue weighted by molar-refractivity contribution is 5.52. The maximum atomic E-state index is 4.03. The Morgan fingerprint density at radius 1 is 1.17 bits per heavy atom. The smallest absolute Gasteiger partial charge is 0.174 e. The van der Waals surface area contributed by atoms with Gasteiger partial charge in [-0.25, -0.2) is 0 Å². The number of pyridine rings is 1. The van der Waals surface area contributed by atoms with Crippen LogP contribution in [0.3, 0.4) is 0 Å².